The van der Waals surface area contributed by atoms with Gasteiger partial charge in [-0.25, -0.2) is 0 Å². The Balaban J connectivity index is 0.000000194. The number of hydrogen-bond acceptors (Lipinski definition) is 2. The Hall–Kier alpha value is -1.64. The molecule has 5 unspecified atom stereocenters. The largest absolute Gasteiger partial charge is 0.356 e. The van der Waals surface area contributed by atoms with Gasteiger partial charge in [-0.15, -0.1) is 0 Å². The summed E-state index contributed by atoms with van der Waals surface area (Å²) in [5.41, 5.74) is 7.14. The third-order valence-electron chi connectivity index (χ3n) is 6.57. The van der Waals surface area contributed by atoms with Crippen molar-refractivity contribution >= 4 is 0 Å². The lowest BCUT2D eigenvalue weighted by atomic mass is 9.78. The summed E-state index contributed by atoms with van der Waals surface area (Å²) in [6, 6.07) is 15.4. The Morgan fingerprint density at radius 1 is 0.929 bits per heavy atom. The Morgan fingerprint density at radius 2 is 1.61 bits per heavy atom. The molecule has 0 N–H and O–H groups in total. The van der Waals surface area contributed by atoms with E-state index in [1.807, 2.05) is 0 Å². The highest BCUT2D eigenvalue weighted by atomic mass is 16.7. The predicted octanol–water partition coefficient (Wildman–Crippen LogP) is 6.88. The zero-order valence-electron chi connectivity index (χ0n) is 17.7. The van der Waals surface area contributed by atoms with E-state index in [1.165, 1.54) is 27.8 Å². The molecule has 2 aromatic rings. The second kappa shape index (κ2) is 9.71. The van der Waals surface area contributed by atoms with Crippen molar-refractivity contribution in [3.05, 3.63) is 59.2 Å². The summed E-state index contributed by atoms with van der Waals surface area (Å²) in [6.45, 7) is 11.1. The normalized spacial score (nSPS) is 27.7. The molecule has 1 aliphatic heterocycles. The fourth-order valence-corrected chi connectivity index (χ4v) is 4.46. The van der Waals surface area contributed by atoms with E-state index >= 15 is 0 Å². The average Bonchev–Trinajstić information content (AvgIpc) is 3.05. The molecule has 2 nitrogen and oxygen atoms in total. The van der Waals surface area contributed by atoms with Gasteiger partial charge in [0.05, 0.1) is 6.10 Å². The number of benzene rings is 2. The fourth-order valence-electron chi connectivity index (χ4n) is 4.46. The van der Waals surface area contributed by atoms with Crippen molar-refractivity contribution < 1.29 is 9.47 Å². The second-order valence-electron chi connectivity index (χ2n) is 8.26. The Labute approximate surface area is 172 Å². The van der Waals surface area contributed by atoms with E-state index in [4.69, 9.17) is 9.47 Å². The molecule has 154 valence electrons. The number of aryl methyl sites for hydroxylation is 1. The van der Waals surface area contributed by atoms with Gasteiger partial charge >= 0.3 is 0 Å². The van der Waals surface area contributed by atoms with E-state index in [0.29, 0.717) is 23.9 Å². The molecule has 0 aromatic heterocycles. The van der Waals surface area contributed by atoms with Crippen LogP contribution in [0.1, 0.15) is 58.2 Å². The van der Waals surface area contributed by atoms with E-state index in [-0.39, 0.29) is 13.7 Å². The Morgan fingerprint density at radius 3 is 2.29 bits per heavy atom. The van der Waals surface area contributed by atoms with E-state index < -0.39 is 0 Å². The number of rotatable bonds is 2. The first-order valence-corrected chi connectivity index (χ1v) is 10.3. The van der Waals surface area contributed by atoms with Gasteiger partial charge in [-0.2, -0.15) is 0 Å². The SMILES string of the molecule is C.CCC1OC(OC)C(C)C(C)C1C.Cc1ccc2c(c1)-c1ccccc1C2. The highest BCUT2D eigenvalue weighted by molar-refractivity contribution is 5.77. The molecule has 2 aliphatic rings. The van der Waals surface area contributed by atoms with Crippen LogP contribution in [0.15, 0.2) is 42.5 Å². The standard InChI is InChI=1S/C14H12.C11H22O2.CH4/c1-10-6-7-12-9-11-4-2-3-5-13(11)14(12)8-10;1-6-10-8(3)7(2)9(4)11(12-5)13-10;/h2-8H,9H2,1H3;7-11H,6H2,1-5H3;1H4. The van der Waals surface area contributed by atoms with Crippen molar-refractivity contribution in [3.8, 4) is 11.1 Å². The minimum absolute atomic E-state index is 0. The van der Waals surface area contributed by atoms with Gasteiger partial charge in [-0.3, -0.25) is 0 Å². The molecule has 2 aromatic carbocycles. The summed E-state index contributed by atoms with van der Waals surface area (Å²) in [6.07, 6.45) is 2.55. The van der Waals surface area contributed by atoms with Crippen molar-refractivity contribution in [2.24, 2.45) is 17.8 Å². The van der Waals surface area contributed by atoms with Crippen molar-refractivity contribution in [3.63, 3.8) is 0 Å². The van der Waals surface area contributed by atoms with Crippen molar-refractivity contribution in [1.29, 1.82) is 0 Å². The quantitative estimate of drug-likeness (QED) is 0.481. The molecule has 4 rings (SSSR count). The molecule has 1 saturated heterocycles. The third-order valence-corrected chi connectivity index (χ3v) is 6.57. The highest BCUT2D eigenvalue weighted by Gasteiger charge is 2.38. The molecule has 0 radical (unpaired) electrons. The van der Waals surface area contributed by atoms with E-state index in [2.05, 4.69) is 77.1 Å². The summed E-state index contributed by atoms with van der Waals surface area (Å²) in [7, 11) is 1.73. The molecule has 0 bridgehead atoms. The zero-order valence-corrected chi connectivity index (χ0v) is 17.7. The molecule has 5 atom stereocenters. The van der Waals surface area contributed by atoms with Gasteiger partial charge in [0.25, 0.3) is 0 Å². The summed E-state index contributed by atoms with van der Waals surface area (Å²) < 4.78 is 11.2. The van der Waals surface area contributed by atoms with Gasteiger partial charge in [0, 0.05) is 13.0 Å². The van der Waals surface area contributed by atoms with Crippen LogP contribution in [0.2, 0.25) is 0 Å². The first-order chi connectivity index (χ1) is 13.0. The monoisotopic (exact) mass is 382 g/mol. The van der Waals surface area contributed by atoms with E-state index in [0.717, 1.165) is 12.8 Å². The smallest absolute Gasteiger partial charge is 0.160 e. The second-order valence-corrected chi connectivity index (χ2v) is 8.26. The molecule has 0 saturated carbocycles. The number of methoxy groups -OCH3 is 1. The third kappa shape index (κ3) is 4.50. The molecule has 0 amide bonds. The van der Waals surface area contributed by atoms with Crippen LogP contribution < -0.4 is 0 Å². The van der Waals surface area contributed by atoms with E-state index in [9.17, 15) is 0 Å². The number of fused-ring (bicyclic) bond motifs is 3. The lowest BCUT2D eigenvalue weighted by Gasteiger charge is -2.42. The van der Waals surface area contributed by atoms with Gasteiger partial charge in [0.1, 0.15) is 0 Å². The summed E-state index contributed by atoms with van der Waals surface area (Å²) in [4.78, 5) is 0. The van der Waals surface area contributed by atoms with Crippen LogP contribution in [0.3, 0.4) is 0 Å². The summed E-state index contributed by atoms with van der Waals surface area (Å²) >= 11 is 0. The predicted molar refractivity (Wildman–Crippen MR) is 120 cm³/mol. The number of ether oxygens (including phenoxy) is 2. The van der Waals surface area contributed by atoms with Gasteiger partial charge in [0.2, 0.25) is 0 Å². The van der Waals surface area contributed by atoms with Gasteiger partial charge < -0.3 is 9.47 Å². The Bertz CT molecular complexity index is 747. The van der Waals surface area contributed by atoms with Crippen LogP contribution in [-0.2, 0) is 15.9 Å². The van der Waals surface area contributed by atoms with Crippen LogP contribution in [-0.4, -0.2) is 19.5 Å². The fraction of sp³-hybridized carbons (Fsp3) is 0.538. The number of hydrogen-bond donors (Lipinski definition) is 0. The maximum absolute atomic E-state index is 5.86. The summed E-state index contributed by atoms with van der Waals surface area (Å²) in [5, 5.41) is 0. The molecule has 28 heavy (non-hydrogen) atoms. The van der Waals surface area contributed by atoms with Gasteiger partial charge in [-0.05, 0) is 53.9 Å². The highest BCUT2D eigenvalue weighted by Crippen LogP contribution is 2.37. The average molecular weight is 383 g/mol. The van der Waals surface area contributed by atoms with Crippen LogP contribution >= 0.6 is 0 Å². The van der Waals surface area contributed by atoms with Crippen LogP contribution in [0.5, 0.6) is 0 Å². The molecular weight excluding hydrogens is 344 g/mol. The maximum Gasteiger partial charge on any atom is 0.160 e. The minimum Gasteiger partial charge on any atom is -0.356 e. The van der Waals surface area contributed by atoms with Crippen LogP contribution in [0.4, 0.5) is 0 Å². The Kier molecular flexibility index (Phi) is 7.86. The van der Waals surface area contributed by atoms with Crippen molar-refractivity contribution in [2.45, 2.75) is 67.3 Å². The lowest BCUT2D eigenvalue weighted by molar-refractivity contribution is -0.237. The van der Waals surface area contributed by atoms with Crippen molar-refractivity contribution in [1.82, 2.24) is 0 Å². The molecule has 1 fully saturated rings. The molecular formula is C26H38O2. The van der Waals surface area contributed by atoms with Crippen molar-refractivity contribution in [2.75, 3.05) is 7.11 Å². The topological polar surface area (TPSA) is 18.5 Å². The van der Waals surface area contributed by atoms with Crippen LogP contribution in [0.25, 0.3) is 11.1 Å². The summed E-state index contributed by atoms with van der Waals surface area (Å²) in [5.74, 6) is 1.83. The first kappa shape index (κ1) is 22.6. The zero-order chi connectivity index (χ0) is 19.6. The lowest BCUT2D eigenvalue weighted by Crippen LogP contribution is -2.45. The molecule has 1 heterocycles. The van der Waals surface area contributed by atoms with Gasteiger partial charge in [-0.1, -0.05) is 83.1 Å². The first-order valence-electron chi connectivity index (χ1n) is 10.3. The van der Waals surface area contributed by atoms with Crippen LogP contribution in [0, 0.1) is 24.7 Å². The molecule has 1 aliphatic carbocycles. The molecule has 2 heteroatoms. The van der Waals surface area contributed by atoms with Gasteiger partial charge in [0.15, 0.2) is 6.29 Å². The minimum atomic E-state index is -0.00356. The van der Waals surface area contributed by atoms with E-state index in [1.54, 1.807) is 7.11 Å². The maximum atomic E-state index is 5.86. The molecule has 0 spiro atoms.